The summed E-state index contributed by atoms with van der Waals surface area (Å²) in [6.07, 6.45) is 1.57. The number of rotatable bonds is 13. The Hall–Kier alpha value is -4.28. The minimum Gasteiger partial charge on any atom is -0.495 e. The van der Waals surface area contributed by atoms with Gasteiger partial charge < -0.3 is 24.4 Å². The van der Waals surface area contributed by atoms with E-state index < -0.39 is 34.4 Å². The number of methoxy groups -OCH3 is 1. The van der Waals surface area contributed by atoms with Crippen LogP contribution in [0.4, 0.5) is 14.5 Å². The number of anilines is 1. The summed E-state index contributed by atoms with van der Waals surface area (Å²) in [5, 5.41) is 12.2. The lowest BCUT2D eigenvalue weighted by molar-refractivity contribution is -0.131. The van der Waals surface area contributed by atoms with Crippen LogP contribution in [0, 0.1) is 11.3 Å². The van der Waals surface area contributed by atoms with E-state index in [1.54, 1.807) is 55.5 Å². The molecule has 1 amide bonds. The molecule has 1 saturated heterocycles. The SMILES string of the molecule is CCS(=O)(=O)c1ccc([C@H](CC#N)NC(=O)c2ccc(N3C[C@@H](Oc4ccc(OC)cn4)C[C@H]3COC(F)F)cc2)cc1. The number of sulfone groups is 1. The Morgan fingerprint density at radius 3 is 2.44 bits per heavy atom. The van der Waals surface area contributed by atoms with Crippen LogP contribution in [0.5, 0.6) is 11.6 Å². The fourth-order valence-corrected chi connectivity index (χ4v) is 5.69. The van der Waals surface area contributed by atoms with Crippen LogP contribution < -0.4 is 19.7 Å². The van der Waals surface area contributed by atoms with Crippen molar-refractivity contribution in [1.82, 2.24) is 10.3 Å². The average Bonchev–Trinajstić information content (AvgIpc) is 3.42. The molecule has 2 aromatic carbocycles. The highest BCUT2D eigenvalue weighted by molar-refractivity contribution is 7.91. The molecular weight excluding hydrogens is 582 g/mol. The van der Waals surface area contributed by atoms with Crippen LogP contribution in [0.2, 0.25) is 0 Å². The molecule has 43 heavy (non-hydrogen) atoms. The van der Waals surface area contributed by atoms with E-state index >= 15 is 0 Å². The molecule has 10 nitrogen and oxygen atoms in total. The number of hydrogen-bond acceptors (Lipinski definition) is 9. The third-order valence-electron chi connectivity index (χ3n) is 7.11. The molecule has 228 valence electrons. The molecule has 3 atom stereocenters. The summed E-state index contributed by atoms with van der Waals surface area (Å²) >= 11 is 0. The molecule has 1 aliphatic heterocycles. The predicted molar refractivity (Wildman–Crippen MR) is 154 cm³/mol. The first kappa shape index (κ1) is 31.7. The summed E-state index contributed by atoms with van der Waals surface area (Å²) < 4.78 is 65.7. The van der Waals surface area contributed by atoms with E-state index in [9.17, 15) is 27.3 Å². The summed E-state index contributed by atoms with van der Waals surface area (Å²) in [5.41, 5.74) is 1.61. The summed E-state index contributed by atoms with van der Waals surface area (Å²) in [7, 11) is -1.85. The Balaban J connectivity index is 1.45. The molecule has 0 unspecified atom stereocenters. The van der Waals surface area contributed by atoms with Crippen molar-refractivity contribution in [3.8, 4) is 17.7 Å². The summed E-state index contributed by atoms with van der Waals surface area (Å²) in [4.78, 5) is 19.4. The van der Waals surface area contributed by atoms with Gasteiger partial charge in [-0.05, 0) is 48.0 Å². The molecule has 13 heteroatoms. The van der Waals surface area contributed by atoms with Gasteiger partial charge in [0.25, 0.3) is 5.91 Å². The van der Waals surface area contributed by atoms with Gasteiger partial charge in [0.05, 0.1) is 61.7 Å². The van der Waals surface area contributed by atoms with Gasteiger partial charge in [-0.3, -0.25) is 4.79 Å². The minimum atomic E-state index is -3.38. The number of nitrogens with one attached hydrogen (secondary N) is 1. The zero-order valence-corrected chi connectivity index (χ0v) is 24.5. The maximum absolute atomic E-state index is 13.1. The third kappa shape index (κ3) is 8.18. The molecule has 1 N–H and O–H groups in total. The molecule has 4 rings (SSSR count). The lowest BCUT2D eigenvalue weighted by Crippen LogP contribution is -2.34. The van der Waals surface area contributed by atoms with Gasteiger partial charge in [0.2, 0.25) is 5.88 Å². The molecule has 1 aromatic heterocycles. The molecule has 0 saturated carbocycles. The quantitative estimate of drug-likeness (QED) is 0.295. The molecule has 2 heterocycles. The molecule has 0 aliphatic carbocycles. The normalized spacial score (nSPS) is 17.3. The smallest absolute Gasteiger partial charge is 0.345 e. The summed E-state index contributed by atoms with van der Waals surface area (Å²) in [6, 6.07) is 17.1. The second-order valence-corrected chi connectivity index (χ2v) is 12.1. The second-order valence-electron chi connectivity index (χ2n) is 9.82. The van der Waals surface area contributed by atoms with Crippen molar-refractivity contribution in [1.29, 1.82) is 5.26 Å². The number of carbonyl (C=O) groups excluding carboxylic acids is 1. The van der Waals surface area contributed by atoms with Crippen molar-refractivity contribution in [3.63, 3.8) is 0 Å². The Morgan fingerprint density at radius 2 is 1.86 bits per heavy atom. The Kier molecular flexibility index (Phi) is 10.5. The van der Waals surface area contributed by atoms with Crippen molar-refractivity contribution in [3.05, 3.63) is 78.0 Å². The lowest BCUT2D eigenvalue weighted by atomic mass is 10.0. The number of nitriles is 1. The average molecular weight is 615 g/mol. The fourth-order valence-electron chi connectivity index (χ4n) is 4.81. The van der Waals surface area contributed by atoms with Gasteiger partial charge in [0.15, 0.2) is 9.84 Å². The number of amides is 1. The molecule has 0 bridgehead atoms. The highest BCUT2D eigenvalue weighted by Gasteiger charge is 2.35. The van der Waals surface area contributed by atoms with Crippen molar-refractivity contribution in [2.75, 3.05) is 30.9 Å². The number of alkyl halides is 2. The van der Waals surface area contributed by atoms with Crippen LogP contribution in [-0.4, -0.2) is 64.1 Å². The second kappa shape index (κ2) is 14.3. The maximum atomic E-state index is 13.1. The fraction of sp³-hybridized carbons (Fsp3) is 0.367. The van der Waals surface area contributed by atoms with E-state index in [1.165, 1.54) is 25.4 Å². The first-order valence-corrected chi connectivity index (χ1v) is 15.2. The van der Waals surface area contributed by atoms with Crippen molar-refractivity contribution in [2.45, 2.75) is 49.5 Å². The topological polar surface area (TPSA) is 131 Å². The Morgan fingerprint density at radius 1 is 1.14 bits per heavy atom. The van der Waals surface area contributed by atoms with E-state index in [2.05, 4.69) is 15.0 Å². The van der Waals surface area contributed by atoms with Gasteiger partial charge in [-0.25, -0.2) is 13.4 Å². The number of nitrogens with zero attached hydrogens (tertiary/aromatic N) is 3. The molecule has 0 radical (unpaired) electrons. The molecule has 3 aromatic rings. The Bertz CT molecular complexity index is 1510. The first-order valence-electron chi connectivity index (χ1n) is 13.6. The zero-order chi connectivity index (χ0) is 31.0. The monoisotopic (exact) mass is 614 g/mol. The van der Waals surface area contributed by atoms with Crippen LogP contribution in [-0.2, 0) is 14.6 Å². The van der Waals surface area contributed by atoms with Crippen LogP contribution in [0.25, 0.3) is 0 Å². The van der Waals surface area contributed by atoms with Crippen LogP contribution >= 0.6 is 0 Å². The van der Waals surface area contributed by atoms with Crippen molar-refractivity contribution in [2.24, 2.45) is 0 Å². The van der Waals surface area contributed by atoms with E-state index in [-0.39, 0.29) is 29.8 Å². The van der Waals surface area contributed by atoms with Crippen LogP contribution in [0.3, 0.4) is 0 Å². The number of carbonyl (C=O) groups is 1. The number of hydrogen-bond donors (Lipinski definition) is 1. The highest BCUT2D eigenvalue weighted by Crippen LogP contribution is 2.30. The summed E-state index contributed by atoms with van der Waals surface area (Å²) in [6.45, 7) is -1.20. The van der Waals surface area contributed by atoms with Gasteiger partial charge in [0.1, 0.15) is 11.9 Å². The Labute approximate surface area is 249 Å². The number of benzene rings is 2. The van der Waals surface area contributed by atoms with Gasteiger partial charge in [-0.1, -0.05) is 19.1 Å². The standard InChI is InChI=1S/C30H32F2N4O6S/c1-3-43(38,39)26-11-6-20(7-12-26)27(14-15-33)35-29(37)21-4-8-22(9-5-21)36-18-25(16-23(36)19-41-30(31)32)42-28-13-10-24(40-2)17-34-28/h4-13,17,23,25,27,30H,3,14,16,18-19H2,1-2H3,(H,35,37)/t23-,25-,27-/m0/s1. The highest BCUT2D eigenvalue weighted by atomic mass is 32.2. The van der Waals surface area contributed by atoms with Crippen LogP contribution in [0.1, 0.15) is 41.7 Å². The van der Waals surface area contributed by atoms with E-state index in [0.29, 0.717) is 41.4 Å². The van der Waals surface area contributed by atoms with Gasteiger partial charge in [-0.2, -0.15) is 14.0 Å². The van der Waals surface area contributed by atoms with Gasteiger partial charge in [-0.15, -0.1) is 0 Å². The molecule has 0 spiro atoms. The largest absolute Gasteiger partial charge is 0.495 e. The molecule has 1 aliphatic rings. The number of halogens is 2. The van der Waals surface area contributed by atoms with E-state index in [4.69, 9.17) is 9.47 Å². The minimum absolute atomic E-state index is 0.0201. The molecule has 1 fully saturated rings. The zero-order valence-electron chi connectivity index (χ0n) is 23.7. The van der Waals surface area contributed by atoms with Crippen LogP contribution in [0.15, 0.2) is 71.8 Å². The third-order valence-corrected chi connectivity index (χ3v) is 8.86. The van der Waals surface area contributed by atoms with E-state index in [1.807, 2.05) is 11.0 Å². The van der Waals surface area contributed by atoms with Gasteiger partial charge >= 0.3 is 6.61 Å². The first-order chi connectivity index (χ1) is 20.6. The van der Waals surface area contributed by atoms with Crippen molar-refractivity contribution < 1.29 is 36.2 Å². The summed E-state index contributed by atoms with van der Waals surface area (Å²) in [5.74, 6) is 0.489. The predicted octanol–water partition coefficient (Wildman–Crippen LogP) is 4.53. The van der Waals surface area contributed by atoms with E-state index in [0.717, 1.165) is 0 Å². The van der Waals surface area contributed by atoms with Gasteiger partial charge in [0, 0.05) is 23.7 Å². The van der Waals surface area contributed by atoms with Crippen molar-refractivity contribution >= 4 is 21.4 Å². The maximum Gasteiger partial charge on any atom is 0.345 e. The number of aromatic nitrogens is 1. The molecular formula is C30H32F2N4O6S. The lowest BCUT2D eigenvalue weighted by Gasteiger charge is -2.26. The number of ether oxygens (including phenoxy) is 3. The number of pyridine rings is 1.